The number of nitrogens with zero attached hydrogens (tertiary/aromatic N) is 1. The lowest BCUT2D eigenvalue weighted by Crippen LogP contribution is -2.59. The van der Waals surface area contributed by atoms with Gasteiger partial charge in [-0.25, -0.2) is 0 Å². The maximum absolute atomic E-state index is 5.88. The monoisotopic (exact) mass is 234 g/mol. The van der Waals surface area contributed by atoms with Crippen LogP contribution in [0.25, 0.3) is 0 Å². The summed E-state index contributed by atoms with van der Waals surface area (Å²) < 4.78 is 5.88. The molecule has 3 heteroatoms. The van der Waals surface area contributed by atoms with E-state index in [0.29, 0.717) is 0 Å². The summed E-state index contributed by atoms with van der Waals surface area (Å²) in [7, 11) is 2.11. The summed E-state index contributed by atoms with van der Waals surface area (Å²) in [4.78, 5) is 2.23. The first-order chi connectivity index (χ1) is 8.09. The fourth-order valence-electron chi connectivity index (χ4n) is 1.94. The molecule has 94 valence electrons. The lowest BCUT2D eigenvalue weighted by atomic mass is 10.0. The van der Waals surface area contributed by atoms with E-state index in [1.807, 2.05) is 0 Å². The fraction of sp³-hybridized carbons (Fsp3) is 0.571. The average molecular weight is 234 g/mol. The van der Waals surface area contributed by atoms with Gasteiger partial charge in [0.05, 0.1) is 12.2 Å². The molecule has 0 saturated carbocycles. The topological polar surface area (TPSA) is 24.5 Å². The number of anilines is 1. The van der Waals surface area contributed by atoms with E-state index in [1.54, 1.807) is 0 Å². The highest BCUT2D eigenvalue weighted by molar-refractivity contribution is 5.46. The van der Waals surface area contributed by atoms with E-state index >= 15 is 0 Å². The second-order valence-electron chi connectivity index (χ2n) is 5.16. The molecule has 1 N–H and O–H groups in total. The molecule has 3 nitrogen and oxygen atoms in total. The Labute approximate surface area is 104 Å². The van der Waals surface area contributed by atoms with Gasteiger partial charge < -0.3 is 15.0 Å². The maximum Gasteiger partial charge on any atom is 0.0902 e. The molecule has 0 atom stereocenters. The van der Waals surface area contributed by atoms with Crippen LogP contribution < -0.4 is 10.2 Å². The van der Waals surface area contributed by atoms with Crippen molar-refractivity contribution in [1.29, 1.82) is 0 Å². The van der Waals surface area contributed by atoms with Crippen LogP contribution in [0.15, 0.2) is 24.3 Å². The van der Waals surface area contributed by atoms with Gasteiger partial charge in [0.15, 0.2) is 0 Å². The van der Waals surface area contributed by atoms with Crippen molar-refractivity contribution in [2.75, 3.05) is 38.2 Å². The zero-order valence-corrected chi connectivity index (χ0v) is 11.0. The van der Waals surface area contributed by atoms with Gasteiger partial charge in [0, 0.05) is 32.4 Å². The molecular weight excluding hydrogens is 212 g/mol. The summed E-state index contributed by atoms with van der Waals surface area (Å²) in [6.45, 7) is 7.93. The van der Waals surface area contributed by atoms with Crippen LogP contribution in [-0.4, -0.2) is 38.9 Å². The van der Waals surface area contributed by atoms with Gasteiger partial charge in [-0.1, -0.05) is 17.7 Å². The van der Waals surface area contributed by atoms with Crippen LogP contribution in [0.1, 0.15) is 12.5 Å². The Hall–Kier alpha value is -1.06. The van der Waals surface area contributed by atoms with Gasteiger partial charge in [0.25, 0.3) is 0 Å². The Morgan fingerprint density at radius 2 is 1.94 bits per heavy atom. The third-order valence-corrected chi connectivity index (χ3v) is 3.35. The van der Waals surface area contributed by atoms with Crippen molar-refractivity contribution in [3.8, 4) is 0 Å². The third kappa shape index (κ3) is 3.20. The molecule has 1 saturated heterocycles. The van der Waals surface area contributed by atoms with Crippen LogP contribution >= 0.6 is 0 Å². The van der Waals surface area contributed by atoms with Gasteiger partial charge in [-0.15, -0.1) is 0 Å². The Balaban J connectivity index is 1.77. The summed E-state index contributed by atoms with van der Waals surface area (Å²) in [6, 6.07) is 8.59. The largest absolute Gasteiger partial charge is 0.372 e. The summed E-state index contributed by atoms with van der Waals surface area (Å²) in [5.41, 5.74) is 2.61. The molecular formula is C14H22N2O. The SMILES string of the molecule is Cc1ccc(N(C)CCOC2(C)CNC2)cc1. The number of likely N-dealkylation sites (N-methyl/N-ethyl adjacent to an activating group) is 1. The molecule has 2 rings (SSSR count). The molecule has 0 aliphatic carbocycles. The lowest BCUT2D eigenvalue weighted by Gasteiger charge is -2.39. The first kappa shape index (κ1) is 12.4. The number of ether oxygens (including phenoxy) is 1. The molecule has 0 amide bonds. The number of hydrogen-bond donors (Lipinski definition) is 1. The van der Waals surface area contributed by atoms with Crippen LogP contribution in [0.2, 0.25) is 0 Å². The van der Waals surface area contributed by atoms with E-state index in [0.717, 1.165) is 26.2 Å². The molecule has 1 aromatic carbocycles. The number of benzene rings is 1. The first-order valence-electron chi connectivity index (χ1n) is 6.22. The molecule has 0 radical (unpaired) electrons. The zero-order chi connectivity index (χ0) is 12.3. The van der Waals surface area contributed by atoms with E-state index in [4.69, 9.17) is 4.74 Å². The van der Waals surface area contributed by atoms with Crippen LogP contribution in [0.3, 0.4) is 0 Å². The molecule has 1 heterocycles. The van der Waals surface area contributed by atoms with Crippen molar-refractivity contribution in [3.63, 3.8) is 0 Å². The minimum absolute atomic E-state index is 0.0636. The Morgan fingerprint density at radius 1 is 1.29 bits per heavy atom. The van der Waals surface area contributed by atoms with E-state index in [2.05, 4.69) is 55.4 Å². The van der Waals surface area contributed by atoms with Crippen LogP contribution in [0.4, 0.5) is 5.69 Å². The van der Waals surface area contributed by atoms with Crippen molar-refractivity contribution in [3.05, 3.63) is 29.8 Å². The molecule has 0 aromatic heterocycles. The lowest BCUT2D eigenvalue weighted by molar-refractivity contribution is -0.0631. The summed E-state index contributed by atoms with van der Waals surface area (Å²) in [6.07, 6.45) is 0. The Kier molecular flexibility index (Phi) is 3.69. The van der Waals surface area contributed by atoms with Gasteiger partial charge in [0.2, 0.25) is 0 Å². The van der Waals surface area contributed by atoms with Crippen molar-refractivity contribution in [2.45, 2.75) is 19.4 Å². The second-order valence-corrected chi connectivity index (χ2v) is 5.16. The van der Waals surface area contributed by atoms with E-state index in [1.165, 1.54) is 11.3 Å². The molecule has 1 aliphatic rings. The van der Waals surface area contributed by atoms with Crippen molar-refractivity contribution < 1.29 is 4.74 Å². The summed E-state index contributed by atoms with van der Waals surface area (Å²) >= 11 is 0. The molecule has 1 aliphatic heterocycles. The molecule has 0 unspecified atom stereocenters. The van der Waals surface area contributed by atoms with Crippen LogP contribution in [-0.2, 0) is 4.74 Å². The normalized spacial score (nSPS) is 17.6. The smallest absolute Gasteiger partial charge is 0.0902 e. The second kappa shape index (κ2) is 5.07. The fourth-order valence-corrected chi connectivity index (χ4v) is 1.94. The molecule has 0 spiro atoms. The van der Waals surface area contributed by atoms with E-state index < -0.39 is 0 Å². The summed E-state index contributed by atoms with van der Waals surface area (Å²) in [5, 5.41) is 3.24. The van der Waals surface area contributed by atoms with Crippen molar-refractivity contribution in [1.82, 2.24) is 5.32 Å². The van der Waals surface area contributed by atoms with Crippen LogP contribution in [0, 0.1) is 6.92 Å². The number of hydrogen-bond acceptors (Lipinski definition) is 3. The number of aryl methyl sites for hydroxylation is 1. The molecule has 17 heavy (non-hydrogen) atoms. The van der Waals surface area contributed by atoms with Gasteiger partial charge in [-0.2, -0.15) is 0 Å². The maximum atomic E-state index is 5.88. The molecule has 1 aromatic rings. The molecule has 1 fully saturated rings. The van der Waals surface area contributed by atoms with Gasteiger partial charge in [0.1, 0.15) is 0 Å². The van der Waals surface area contributed by atoms with Crippen molar-refractivity contribution in [2.24, 2.45) is 0 Å². The highest BCUT2D eigenvalue weighted by Crippen LogP contribution is 2.16. The Morgan fingerprint density at radius 3 is 2.47 bits per heavy atom. The minimum Gasteiger partial charge on any atom is -0.372 e. The predicted molar refractivity (Wildman–Crippen MR) is 71.7 cm³/mol. The highest BCUT2D eigenvalue weighted by Gasteiger charge is 2.32. The minimum atomic E-state index is 0.0636. The quantitative estimate of drug-likeness (QED) is 0.841. The van der Waals surface area contributed by atoms with Gasteiger partial charge >= 0.3 is 0 Å². The first-order valence-corrected chi connectivity index (χ1v) is 6.22. The van der Waals surface area contributed by atoms with E-state index in [-0.39, 0.29) is 5.60 Å². The van der Waals surface area contributed by atoms with E-state index in [9.17, 15) is 0 Å². The summed E-state index contributed by atoms with van der Waals surface area (Å²) in [5.74, 6) is 0. The number of nitrogens with one attached hydrogen (secondary N) is 1. The van der Waals surface area contributed by atoms with Gasteiger partial charge in [-0.3, -0.25) is 0 Å². The Bertz CT molecular complexity index is 357. The number of rotatable bonds is 5. The van der Waals surface area contributed by atoms with Gasteiger partial charge in [-0.05, 0) is 26.0 Å². The highest BCUT2D eigenvalue weighted by atomic mass is 16.5. The standard InChI is InChI=1S/C14H22N2O/c1-12-4-6-13(7-5-12)16(3)8-9-17-14(2)10-15-11-14/h4-7,15H,8-11H2,1-3H3. The zero-order valence-electron chi connectivity index (χ0n) is 11.0. The average Bonchev–Trinajstić information content (AvgIpc) is 2.27. The third-order valence-electron chi connectivity index (χ3n) is 3.35. The predicted octanol–water partition coefficient (Wildman–Crippen LogP) is 1.81. The van der Waals surface area contributed by atoms with Crippen molar-refractivity contribution >= 4 is 5.69 Å². The molecule has 0 bridgehead atoms. The van der Waals surface area contributed by atoms with Crippen LogP contribution in [0.5, 0.6) is 0 Å².